The summed E-state index contributed by atoms with van der Waals surface area (Å²) in [5.74, 6) is -0.217. The number of nitrogens with zero attached hydrogens (tertiary/aromatic N) is 2. The molecule has 0 saturated carbocycles. The Morgan fingerprint density at radius 2 is 2.08 bits per heavy atom. The molecule has 1 amide bonds. The maximum Gasteiger partial charge on any atom is 0.254 e. The summed E-state index contributed by atoms with van der Waals surface area (Å²) in [6, 6.07) is 7.55. The van der Waals surface area contributed by atoms with Crippen molar-refractivity contribution < 1.29 is 9.90 Å². The van der Waals surface area contributed by atoms with Gasteiger partial charge in [-0.2, -0.15) is 5.10 Å². The summed E-state index contributed by atoms with van der Waals surface area (Å²) in [7, 11) is 0. The molecule has 2 N–H and O–H groups in total. The van der Waals surface area contributed by atoms with Crippen LogP contribution in [0.2, 0.25) is 5.02 Å². The Morgan fingerprint density at radius 3 is 2.71 bits per heavy atom. The SMILES string of the molecule is CCC(O)(CC)CNC(=O)c1cn(Cc2cccc(Cl)c2)nc1C. The summed E-state index contributed by atoms with van der Waals surface area (Å²) >= 11 is 5.99. The normalized spacial score (nSPS) is 11.5. The summed E-state index contributed by atoms with van der Waals surface area (Å²) in [5.41, 5.74) is 1.33. The topological polar surface area (TPSA) is 67.2 Å². The smallest absolute Gasteiger partial charge is 0.254 e. The number of hydrogen-bond donors (Lipinski definition) is 2. The third-order valence-electron chi connectivity index (χ3n) is 4.32. The minimum absolute atomic E-state index is 0.217. The summed E-state index contributed by atoms with van der Waals surface area (Å²) < 4.78 is 1.72. The van der Waals surface area contributed by atoms with Crippen LogP contribution in [0, 0.1) is 6.92 Å². The maximum absolute atomic E-state index is 12.4. The van der Waals surface area contributed by atoms with Gasteiger partial charge in [-0.3, -0.25) is 9.48 Å². The van der Waals surface area contributed by atoms with Crippen molar-refractivity contribution in [2.45, 2.75) is 45.8 Å². The van der Waals surface area contributed by atoms with Crippen molar-refractivity contribution in [2.24, 2.45) is 0 Å². The van der Waals surface area contributed by atoms with E-state index < -0.39 is 5.60 Å². The minimum Gasteiger partial charge on any atom is -0.388 e. The van der Waals surface area contributed by atoms with Gasteiger partial charge in [0.15, 0.2) is 0 Å². The number of benzene rings is 1. The molecule has 0 bridgehead atoms. The van der Waals surface area contributed by atoms with Crippen LogP contribution in [0.15, 0.2) is 30.5 Å². The molecule has 6 heteroatoms. The Balaban J connectivity index is 2.06. The van der Waals surface area contributed by atoms with Crippen LogP contribution in [-0.2, 0) is 6.54 Å². The zero-order valence-corrected chi connectivity index (χ0v) is 15.1. The molecule has 0 spiro atoms. The lowest BCUT2D eigenvalue weighted by molar-refractivity contribution is 0.0314. The molecule has 0 aliphatic heterocycles. The second-order valence-electron chi connectivity index (χ2n) is 6.07. The number of nitrogens with one attached hydrogen (secondary N) is 1. The van der Waals surface area contributed by atoms with Gasteiger partial charge in [-0.25, -0.2) is 0 Å². The molecule has 5 nitrogen and oxygen atoms in total. The molecular formula is C18H24ClN3O2. The fourth-order valence-corrected chi connectivity index (χ4v) is 2.70. The van der Waals surface area contributed by atoms with Gasteiger partial charge < -0.3 is 10.4 Å². The van der Waals surface area contributed by atoms with E-state index in [1.807, 2.05) is 38.1 Å². The first kappa shape index (κ1) is 18.5. The van der Waals surface area contributed by atoms with Crippen LogP contribution < -0.4 is 5.32 Å². The fourth-order valence-electron chi connectivity index (χ4n) is 2.48. The minimum atomic E-state index is -0.861. The number of aryl methyl sites for hydroxylation is 1. The van der Waals surface area contributed by atoms with Gasteiger partial charge in [-0.1, -0.05) is 37.6 Å². The van der Waals surface area contributed by atoms with E-state index >= 15 is 0 Å². The predicted molar refractivity (Wildman–Crippen MR) is 95.4 cm³/mol. The molecule has 1 heterocycles. The lowest BCUT2D eigenvalue weighted by Crippen LogP contribution is -2.42. The number of halogens is 1. The van der Waals surface area contributed by atoms with E-state index in [0.29, 0.717) is 35.7 Å². The average molecular weight is 350 g/mol. The third kappa shape index (κ3) is 4.58. The highest BCUT2D eigenvalue weighted by Crippen LogP contribution is 2.15. The Bertz CT molecular complexity index is 708. The van der Waals surface area contributed by atoms with Gasteiger partial charge in [-0.05, 0) is 37.5 Å². The largest absolute Gasteiger partial charge is 0.388 e. The quantitative estimate of drug-likeness (QED) is 0.806. The Morgan fingerprint density at radius 1 is 1.38 bits per heavy atom. The van der Waals surface area contributed by atoms with Gasteiger partial charge in [0, 0.05) is 17.8 Å². The van der Waals surface area contributed by atoms with E-state index in [2.05, 4.69) is 10.4 Å². The lowest BCUT2D eigenvalue weighted by Gasteiger charge is -2.25. The molecule has 2 rings (SSSR count). The zero-order chi connectivity index (χ0) is 17.7. The molecule has 0 radical (unpaired) electrons. The predicted octanol–water partition coefficient (Wildman–Crippen LogP) is 3.17. The number of hydrogen-bond acceptors (Lipinski definition) is 3. The molecule has 0 fully saturated rings. The summed E-state index contributed by atoms with van der Waals surface area (Å²) in [6.07, 6.45) is 2.91. The highest BCUT2D eigenvalue weighted by molar-refractivity contribution is 6.30. The highest BCUT2D eigenvalue weighted by Gasteiger charge is 2.24. The van der Waals surface area contributed by atoms with Crippen LogP contribution >= 0.6 is 11.6 Å². The van der Waals surface area contributed by atoms with Crippen LogP contribution in [0.4, 0.5) is 0 Å². The van der Waals surface area contributed by atoms with E-state index in [1.54, 1.807) is 17.8 Å². The second-order valence-corrected chi connectivity index (χ2v) is 6.51. The molecule has 1 aromatic carbocycles. The van der Waals surface area contributed by atoms with Gasteiger partial charge in [0.25, 0.3) is 5.91 Å². The highest BCUT2D eigenvalue weighted by atomic mass is 35.5. The van der Waals surface area contributed by atoms with E-state index in [4.69, 9.17) is 11.6 Å². The number of aromatic nitrogens is 2. The number of carbonyl (C=O) groups is 1. The van der Waals surface area contributed by atoms with Crippen LogP contribution in [0.25, 0.3) is 0 Å². The van der Waals surface area contributed by atoms with Crippen molar-refractivity contribution in [1.29, 1.82) is 0 Å². The molecule has 130 valence electrons. The molecule has 0 atom stereocenters. The molecule has 0 aliphatic rings. The first-order chi connectivity index (χ1) is 11.4. The average Bonchev–Trinajstić information content (AvgIpc) is 2.92. The van der Waals surface area contributed by atoms with Crippen molar-refractivity contribution in [3.63, 3.8) is 0 Å². The molecule has 0 unspecified atom stereocenters. The van der Waals surface area contributed by atoms with Crippen LogP contribution in [0.3, 0.4) is 0 Å². The number of amides is 1. The molecular weight excluding hydrogens is 326 g/mol. The maximum atomic E-state index is 12.4. The Hall–Kier alpha value is -1.85. The van der Waals surface area contributed by atoms with E-state index in [1.165, 1.54) is 0 Å². The zero-order valence-electron chi connectivity index (χ0n) is 14.3. The van der Waals surface area contributed by atoms with Crippen LogP contribution in [0.5, 0.6) is 0 Å². The lowest BCUT2D eigenvalue weighted by atomic mass is 9.97. The fraction of sp³-hybridized carbons (Fsp3) is 0.444. The van der Waals surface area contributed by atoms with Crippen molar-refractivity contribution in [2.75, 3.05) is 6.54 Å². The second kappa shape index (κ2) is 7.81. The summed E-state index contributed by atoms with van der Waals surface area (Å²) in [5, 5.41) is 18.1. The van der Waals surface area contributed by atoms with Crippen molar-refractivity contribution >= 4 is 17.5 Å². The first-order valence-electron chi connectivity index (χ1n) is 8.16. The summed E-state index contributed by atoms with van der Waals surface area (Å²) in [4.78, 5) is 12.4. The number of aliphatic hydroxyl groups is 1. The molecule has 0 aliphatic carbocycles. The van der Waals surface area contributed by atoms with Gasteiger partial charge in [0.05, 0.1) is 23.4 Å². The van der Waals surface area contributed by atoms with Crippen LogP contribution in [-0.4, -0.2) is 32.9 Å². The summed E-state index contributed by atoms with van der Waals surface area (Å²) in [6.45, 7) is 6.39. The first-order valence-corrected chi connectivity index (χ1v) is 8.53. The van der Waals surface area contributed by atoms with Crippen molar-refractivity contribution in [3.8, 4) is 0 Å². The Labute approximate surface area is 147 Å². The third-order valence-corrected chi connectivity index (χ3v) is 4.55. The number of rotatable bonds is 7. The molecule has 24 heavy (non-hydrogen) atoms. The van der Waals surface area contributed by atoms with Gasteiger partial charge in [0.1, 0.15) is 0 Å². The standard InChI is InChI=1S/C18H24ClN3O2/c1-4-18(24,5-2)12-20-17(23)16-11-22(21-13(16)3)10-14-7-6-8-15(19)9-14/h6-9,11,24H,4-5,10,12H2,1-3H3,(H,20,23). The molecule has 2 aromatic rings. The van der Waals surface area contributed by atoms with E-state index in [-0.39, 0.29) is 12.5 Å². The van der Waals surface area contributed by atoms with Gasteiger partial charge >= 0.3 is 0 Å². The van der Waals surface area contributed by atoms with Crippen molar-refractivity contribution in [3.05, 3.63) is 52.3 Å². The Kier molecular flexibility index (Phi) is 6.02. The van der Waals surface area contributed by atoms with Gasteiger partial charge in [-0.15, -0.1) is 0 Å². The van der Waals surface area contributed by atoms with Gasteiger partial charge in [0.2, 0.25) is 0 Å². The molecule has 0 saturated heterocycles. The molecule has 1 aromatic heterocycles. The van der Waals surface area contributed by atoms with Crippen molar-refractivity contribution in [1.82, 2.24) is 15.1 Å². The monoisotopic (exact) mass is 349 g/mol. The van der Waals surface area contributed by atoms with Crippen LogP contribution in [0.1, 0.15) is 48.3 Å². The number of carbonyl (C=O) groups excluding carboxylic acids is 1. The van der Waals surface area contributed by atoms with E-state index in [9.17, 15) is 9.90 Å². The van der Waals surface area contributed by atoms with E-state index in [0.717, 1.165) is 5.56 Å².